The summed E-state index contributed by atoms with van der Waals surface area (Å²) in [5.41, 5.74) is 1.87. The van der Waals surface area contributed by atoms with Crippen molar-refractivity contribution in [1.29, 1.82) is 0 Å². The fraction of sp³-hybridized carbons (Fsp3) is 0.591. The molecular formula is C22H32O4. The molecule has 0 N–H and O–H groups in total. The van der Waals surface area contributed by atoms with Crippen LogP contribution in [0.5, 0.6) is 11.5 Å². The molecule has 4 nitrogen and oxygen atoms in total. The van der Waals surface area contributed by atoms with Gasteiger partial charge in [-0.15, -0.1) is 0 Å². The van der Waals surface area contributed by atoms with Crippen LogP contribution >= 0.6 is 0 Å². The minimum atomic E-state index is -0.665. The van der Waals surface area contributed by atoms with Crippen LogP contribution in [0, 0.1) is 11.8 Å². The highest BCUT2D eigenvalue weighted by molar-refractivity contribution is 5.84. The highest BCUT2D eigenvalue weighted by Gasteiger charge is 2.40. The number of unbranched alkanes of at least 4 members (excludes halogenated alkanes) is 1. The van der Waals surface area contributed by atoms with E-state index in [-0.39, 0.29) is 11.9 Å². The monoisotopic (exact) mass is 360 g/mol. The number of ether oxygens (including phenoxy) is 3. The zero-order chi connectivity index (χ0) is 19.1. The molecule has 1 aromatic rings. The molecule has 0 bridgehead atoms. The van der Waals surface area contributed by atoms with Gasteiger partial charge in [-0.2, -0.15) is 0 Å². The first-order valence-electron chi connectivity index (χ1n) is 9.76. The molecule has 0 aromatic heterocycles. The van der Waals surface area contributed by atoms with Crippen molar-refractivity contribution in [3.05, 3.63) is 30.3 Å². The number of benzene rings is 1. The summed E-state index contributed by atoms with van der Waals surface area (Å²) in [6.07, 6.45) is 4.85. The first kappa shape index (κ1) is 20.3. The second-order valence-electron chi connectivity index (χ2n) is 6.91. The molecule has 3 atom stereocenters. The molecule has 0 saturated carbocycles. The SMILES string of the molecule is C=C1c2cccc(OC)c2O[C@H](C(=O)OCC)[C@@H]1C[C@H](CC)CCCC. The standard InChI is InChI=1S/C22H32O4/c1-6-9-11-16(7-2)14-18-15(4)17-12-10-13-19(24-5)20(17)26-21(18)22(23)25-8-3/h10,12-13,16,18,21H,4,6-9,11,14H2,1-3,5H3/t16-,18-,21+/m1/s1. The number of methoxy groups -OCH3 is 1. The van der Waals surface area contributed by atoms with Crippen LogP contribution in [-0.2, 0) is 9.53 Å². The lowest BCUT2D eigenvalue weighted by molar-refractivity contribution is -0.153. The number of para-hydroxylation sites is 1. The van der Waals surface area contributed by atoms with Crippen LogP contribution in [0.4, 0.5) is 0 Å². The number of esters is 1. The van der Waals surface area contributed by atoms with E-state index in [4.69, 9.17) is 14.2 Å². The summed E-state index contributed by atoms with van der Waals surface area (Å²) >= 11 is 0. The van der Waals surface area contributed by atoms with Crippen molar-refractivity contribution in [1.82, 2.24) is 0 Å². The molecule has 144 valence electrons. The van der Waals surface area contributed by atoms with Gasteiger partial charge in [0.15, 0.2) is 11.5 Å². The molecule has 4 heteroatoms. The van der Waals surface area contributed by atoms with Crippen molar-refractivity contribution in [2.75, 3.05) is 13.7 Å². The van der Waals surface area contributed by atoms with E-state index < -0.39 is 6.10 Å². The molecule has 0 fully saturated rings. The second kappa shape index (κ2) is 9.65. The zero-order valence-electron chi connectivity index (χ0n) is 16.5. The maximum absolute atomic E-state index is 12.6. The summed E-state index contributed by atoms with van der Waals surface area (Å²) in [7, 11) is 1.60. The summed E-state index contributed by atoms with van der Waals surface area (Å²) in [5, 5.41) is 0. The van der Waals surface area contributed by atoms with Gasteiger partial charge in [0.1, 0.15) is 0 Å². The first-order chi connectivity index (χ1) is 12.6. The minimum absolute atomic E-state index is 0.0736. The predicted octanol–water partition coefficient (Wildman–Crippen LogP) is 5.26. The highest BCUT2D eigenvalue weighted by atomic mass is 16.6. The van der Waals surface area contributed by atoms with E-state index in [1.54, 1.807) is 7.11 Å². The lowest BCUT2D eigenvalue weighted by Gasteiger charge is -2.36. The van der Waals surface area contributed by atoms with Gasteiger partial charge in [0.2, 0.25) is 6.10 Å². The van der Waals surface area contributed by atoms with Gasteiger partial charge < -0.3 is 14.2 Å². The van der Waals surface area contributed by atoms with Crippen LogP contribution in [0.3, 0.4) is 0 Å². The van der Waals surface area contributed by atoms with Crippen LogP contribution < -0.4 is 9.47 Å². The number of hydrogen-bond donors (Lipinski definition) is 0. The predicted molar refractivity (Wildman–Crippen MR) is 104 cm³/mol. The summed E-state index contributed by atoms with van der Waals surface area (Å²) in [4.78, 5) is 12.6. The quantitative estimate of drug-likeness (QED) is 0.564. The maximum atomic E-state index is 12.6. The van der Waals surface area contributed by atoms with Gasteiger partial charge in [-0.05, 0) is 30.9 Å². The Bertz CT molecular complexity index is 623. The number of rotatable bonds is 9. The smallest absolute Gasteiger partial charge is 0.347 e. The first-order valence-corrected chi connectivity index (χ1v) is 9.76. The molecule has 0 saturated heterocycles. The second-order valence-corrected chi connectivity index (χ2v) is 6.91. The van der Waals surface area contributed by atoms with Gasteiger partial charge in [-0.1, -0.05) is 58.2 Å². The van der Waals surface area contributed by atoms with E-state index in [2.05, 4.69) is 20.4 Å². The van der Waals surface area contributed by atoms with Gasteiger partial charge in [0.25, 0.3) is 0 Å². The lowest BCUT2D eigenvalue weighted by atomic mass is 9.78. The summed E-state index contributed by atoms with van der Waals surface area (Å²) < 4.78 is 16.9. The number of carbonyl (C=O) groups excluding carboxylic acids is 1. The topological polar surface area (TPSA) is 44.8 Å². The average molecular weight is 360 g/mol. The Labute approximate surface area is 157 Å². The molecular weight excluding hydrogens is 328 g/mol. The minimum Gasteiger partial charge on any atom is -0.493 e. The molecule has 26 heavy (non-hydrogen) atoms. The third kappa shape index (κ3) is 4.40. The van der Waals surface area contributed by atoms with Gasteiger partial charge in [0, 0.05) is 11.5 Å². The normalized spacial score (nSPS) is 20.1. The van der Waals surface area contributed by atoms with Crippen LogP contribution in [0.2, 0.25) is 0 Å². The van der Waals surface area contributed by atoms with Crippen molar-refractivity contribution < 1.29 is 19.0 Å². The maximum Gasteiger partial charge on any atom is 0.347 e. The molecule has 1 aliphatic heterocycles. The Morgan fingerprint density at radius 3 is 2.69 bits per heavy atom. The van der Waals surface area contributed by atoms with Crippen molar-refractivity contribution in [2.45, 2.75) is 59.0 Å². The van der Waals surface area contributed by atoms with Gasteiger partial charge in [-0.25, -0.2) is 4.79 Å². The van der Waals surface area contributed by atoms with Crippen molar-refractivity contribution in [3.63, 3.8) is 0 Å². The molecule has 0 unspecified atom stereocenters. The van der Waals surface area contributed by atoms with Gasteiger partial charge >= 0.3 is 5.97 Å². The van der Waals surface area contributed by atoms with Crippen LogP contribution in [0.25, 0.3) is 5.57 Å². The molecule has 0 aliphatic carbocycles. The fourth-order valence-corrected chi connectivity index (χ4v) is 3.69. The lowest BCUT2D eigenvalue weighted by Crippen LogP contribution is -2.41. The van der Waals surface area contributed by atoms with Gasteiger partial charge in [0.05, 0.1) is 13.7 Å². The summed E-state index contributed by atoms with van der Waals surface area (Å²) in [6, 6.07) is 5.76. The molecule has 2 rings (SSSR count). The Kier molecular flexibility index (Phi) is 7.55. The van der Waals surface area contributed by atoms with E-state index in [1.165, 1.54) is 12.8 Å². The third-order valence-electron chi connectivity index (χ3n) is 5.25. The Hall–Kier alpha value is -1.97. The van der Waals surface area contributed by atoms with Gasteiger partial charge in [-0.3, -0.25) is 0 Å². The van der Waals surface area contributed by atoms with Crippen molar-refractivity contribution >= 4 is 11.5 Å². The highest BCUT2D eigenvalue weighted by Crippen LogP contribution is 2.46. The zero-order valence-corrected chi connectivity index (χ0v) is 16.5. The molecule has 1 aliphatic rings. The van der Waals surface area contributed by atoms with E-state index in [0.717, 1.165) is 30.4 Å². The number of carbonyl (C=O) groups is 1. The van der Waals surface area contributed by atoms with Crippen LogP contribution in [0.15, 0.2) is 24.8 Å². The number of fused-ring (bicyclic) bond motifs is 1. The van der Waals surface area contributed by atoms with Crippen LogP contribution in [0.1, 0.15) is 58.4 Å². The van der Waals surface area contributed by atoms with Crippen molar-refractivity contribution in [2.24, 2.45) is 11.8 Å². The van der Waals surface area contributed by atoms with E-state index in [0.29, 0.717) is 24.0 Å². The van der Waals surface area contributed by atoms with Crippen molar-refractivity contribution in [3.8, 4) is 11.5 Å². The fourth-order valence-electron chi connectivity index (χ4n) is 3.69. The van der Waals surface area contributed by atoms with E-state index >= 15 is 0 Å². The molecule has 1 heterocycles. The Morgan fingerprint density at radius 1 is 1.31 bits per heavy atom. The molecule has 0 spiro atoms. The average Bonchev–Trinajstić information content (AvgIpc) is 2.66. The summed E-state index contributed by atoms with van der Waals surface area (Å²) in [6.45, 7) is 10.9. The Morgan fingerprint density at radius 2 is 2.08 bits per heavy atom. The van der Waals surface area contributed by atoms with E-state index in [9.17, 15) is 4.79 Å². The molecule has 0 amide bonds. The largest absolute Gasteiger partial charge is 0.493 e. The molecule has 0 radical (unpaired) electrons. The third-order valence-corrected chi connectivity index (χ3v) is 5.25. The number of hydrogen-bond acceptors (Lipinski definition) is 4. The summed E-state index contributed by atoms with van der Waals surface area (Å²) in [5.74, 6) is 1.37. The Balaban J connectivity index is 2.35. The van der Waals surface area contributed by atoms with E-state index in [1.807, 2.05) is 25.1 Å². The molecule has 1 aromatic carbocycles. The van der Waals surface area contributed by atoms with Crippen LogP contribution in [-0.4, -0.2) is 25.8 Å².